The molecule has 5 nitrogen and oxygen atoms in total. The first-order chi connectivity index (χ1) is 10.1. The first-order valence-corrected chi connectivity index (χ1v) is 8.38. The molecule has 5 heteroatoms. The van der Waals surface area contributed by atoms with E-state index in [0.29, 0.717) is 51.9 Å². The van der Waals surface area contributed by atoms with Gasteiger partial charge in [0.1, 0.15) is 0 Å². The summed E-state index contributed by atoms with van der Waals surface area (Å²) in [5.41, 5.74) is -0.682. The number of nitrogens with one attached hydrogen (secondary N) is 1. The fourth-order valence-electron chi connectivity index (χ4n) is 3.10. The largest absolute Gasteiger partial charge is 0.389 e. The average molecular weight is 301 g/mol. The van der Waals surface area contributed by atoms with Gasteiger partial charge in [0.05, 0.1) is 24.4 Å². The van der Waals surface area contributed by atoms with E-state index >= 15 is 0 Å². The van der Waals surface area contributed by atoms with E-state index in [-0.39, 0.29) is 0 Å². The van der Waals surface area contributed by atoms with Crippen molar-refractivity contribution >= 4 is 0 Å². The van der Waals surface area contributed by atoms with Crippen LogP contribution in [0.15, 0.2) is 0 Å². The first kappa shape index (κ1) is 17.2. The monoisotopic (exact) mass is 301 g/mol. The van der Waals surface area contributed by atoms with Gasteiger partial charge in [-0.2, -0.15) is 0 Å². The van der Waals surface area contributed by atoms with Crippen molar-refractivity contribution in [1.29, 1.82) is 0 Å². The van der Waals surface area contributed by atoms with Gasteiger partial charge in [-0.25, -0.2) is 0 Å². The van der Waals surface area contributed by atoms with Crippen LogP contribution in [0, 0.1) is 5.92 Å². The first-order valence-electron chi connectivity index (χ1n) is 8.38. The van der Waals surface area contributed by atoms with Gasteiger partial charge < -0.3 is 25.0 Å². The van der Waals surface area contributed by atoms with E-state index in [4.69, 9.17) is 9.47 Å². The fraction of sp³-hybridized carbons (Fsp3) is 1.00. The van der Waals surface area contributed by atoms with Gasteiger partial charge in [0.15, 0.2) is 0 Å². The second kappa shape index (κ2) is 8.44. The van der Waals surface area contributed by atoms with Crippen molar-refractivity contribution < 1.29 is 19.7 Å². The van der Waals surface area contributed by atoms with Crippen LogP contribution in [0.25, 0.3) is 0 Å². The molecule has 1 saturated carbocycles. The molecular weight excluding hydrogens is 270 g/mol. The van der Waals surface area contributed by atoms with Gasteiger partial charge in [-0.1, -0.05) is 6.92 Å². The Morgan fingerprint density at radius 2 is 1.90 bits per heavy atom. The minimum Gasteiger partial charge on any atom is -0.389 e. The third kappa shape index (κ3) is 6.20. The lowest BCUT2D eigenvalue weighted by Gasteiger charge is -2.32. The van der Waals surface area contributed by atoms with E-state index in [9.17, 15) is 10.2 Å². The third-order valence-corrected chi connectivity index (χ3v) is 4.74. The Labute approximate surface area is 128 Å². The van der Waals surface area contributed by atoms with Crippen molar-refractivity contribution in [3.63, 3.8) is 0 Å². The van der Waals surface area contributed by atoms with Crippen LogP contribution in [0.2, 0.25) is 0 Å². The molecule has 0 aromatic rings. The van der Waals surface area contributed by atoms with Crippen LogP contribution in [0.3, 0.4) is 0 Å². The summed E-state index contributed by atoms with van der Waals surface area (Å²) in [6.07, 6.45) is 5.81. The summed E-state index contributed by atoms with van der Waals surface area (Å²) in [4.78, 5) is 0. The van der Waals surface area contributed by atoms with Crippen molar-refractivity contribution in [2.45, 2.75) is 63.3 Å². The Kier molecular flexibility index (Phi) is 6.89. The second-order valence-electron chi connectivity index (χ2n) is 6.84. The molecule has 2 fully saturated rings. The van der Waals surface area contributed by atoms with Gasteiger partial charge in [0.2, 0.25) is 0 Å². The normalized spacial score (nSPS) is 31.0. The fourth-order valence-corrected chi connectivity index (χ4v) is 3.10. The molecule has 0 aromatic carbocycles. The molecule has 2 aliphatic rings. The second-order valence-corrected chi connectivity index (χ2v) is 6.84. The molecule has 1 atom stereocenters. The molecule has 21 heavy (non-hydrogen) atoms. The number of rotatable bonds is 7. The van der Waals surface area contributed by atoms with Crippen molar-refractivity contribution in [1.82, 2.24) is 5.32 Å². The molecule has 0 amide bonds. The number of hydrogen-bond acceptors (Lipinski definition) is 5. The van der Waals surface area contributed by atoms with Gasteiger partial charge in [-0.05, 0) is 31.6 Å². The van der Waals surface area contributed by atoms with Crippen molar-refractivity contribution in [3.8, 4) is 0 Å². The van der Waals surface area contributed by atoms with Crippen LogP contribution in [0.5, 0.6) is 0 Å². The van der Waals surface area contributed by atoms with Crippen LogP contribution < -0.4 is 5.32 Å². The maximum atomic E-state index is 10.3. The lowest BCUT2D eigenvalue weighted by atomic mass is 9.89. The van der Waals surface area contributed by atoms with Crippen molar-refractivity contribution in [2.75, 3.05) is 32.9 Å². The highest BCUT2D eigenvalue weighted by molar-refractivity contribution is 4.83. The minimum atomic E-state index is -0.682. The molecule has 1 unspecified atom stereocenters. The van der Waals surface area contributed by atoms with E-state index < -0.39 is 11.7 Å². The number of aliphatic hydroxyl groups excluding tert-OH is 1. The van der Waals surface area contributed by atoms with E-state index in [1.54, 1.807) is 0 Å². The Bertz CT molecular complexity index is 286. The molecule has 3 N–H and O–H groups in total. The molecule has 1 aliphatic heterocycles. The molecule has 0 radical (unpaired) electrons. The third-order valence-electron chi connectivity index (χ3n) is 4.74. The van der Waals surface area contributed by atoms with Crippen molar-refractivity contribution in [2.24, 2.45) is 5.92 Å². The molecule has 1 heterocycles. The van der Waals surface area contributed by atoms with E-state index in [1.165, 1.54) is 12.8 Å². The highest BCUT2D eigenvalue weighted by Gasteiger charge is 2.29. The van der Waals surface area contributed by atoms with Crippen LogP contribution in [-0.2, 0) is 9.47 Å². The highest BCUT2D eigenvalue weighted by atomic mass is 16.5. The topological polar surface area (TPSA) is 71.0 Å². The standard InChI is InChI=1S/C16H31NO4/c1-13-2-4-15(5-3-13)21-11-14(18)10-17-12-16(19)6-8-20-9-7-16/h13-15,17-19H,2-12H2,1H3. The molecule has 1 saturated heterocycles. The summed E-state index contributed by atoms with van der Waals surface area (Å²) >= 11 is 0. The van der Waals surface area contributed by atoms with Crippen LogP contribution in [0.4, 0.5) is 0 Å². The van der Waals surface area contributed by atoms with E-state index in [0.717, 1.165) is 18.8 Å². The van der Waals surface area contributed by atoms with Crippen molar-refractivity contribution in [3.05, 3.63) is 0 Å². The maximum Gasteiger partial charge on any atom is 0.0897 e. The quantitative estimate of drug-likeness (QED) is 0.656. The summed E-state index contributed by atoms with van der Waals surface area (Å²) in [6.45, 7) is 4.87. The molecule has 0 bridgehead atoms. The summed E-state index contributed by atoms with van der Waals surface area (Å²) in [7, 11) is 0. The van der Waals surface area contributed by atoms with Crippen LogP contribution in [-0.4, -0.2) is 60.9 Å². The van der Waals surface area contributed by atoms with Gasteiger partial charge in [-0.3, -0.25) is 0 Å². The summed E-state index contributed by atoms with van der Waals surface area (Å²) < 4.78 is 11.0. The van der Waals surface area contributed by atoms with Gasteiger partial charge >= 0.3 is 0 Å². The number of aliphatic hydroxyl groups is 2. The summed E-state index contributed by atoms with van der Waals surface area (Å²) in [6, 6.07) is 0. The SMILES string of the molecule is CC1CCC(OCC(O)CNCC2(O)CCOCC2)CC1. The average Bonchev–Trinajstić information content (AvgIpc) is 2.47. The Morgan fingerprint density at radius 1 is 1.24 bits per heavy atom. The summed E-state index contributed by atoms with van der Waals surface area (Å²) in [5, 5.41) is 23.4. The van der Waals surface area contributed by atoms with Gasteiger partial charge in [0, 0.05) is 39.1 Å². The zero-order chi connectivity index (χ0) is 15.1. The zero-order valence-corrected chi connectivity index (χ0v) is 13.2. The van der Waals surface area contributed by atoms with E-state index in [2.05, 4.69) is 12.2 Å². The lowest BCUT2D eigenvalue weighted by molar-refractivity contribution is -0.0647. The molecule has 124 valence electrons. The number of ether oxygens (including phenoxy) is 2. The highest BCUT2D eigenvalue weighted by Crippen LogP contribution is 2.25. The zero-order valence-electron chi connectivity index (χ0n) is 13.2. The molecule has 1 aliphatic carbocycles. The van der Waals surface area contributed by atoms with Gasteiger partial charge in [-0.15, -0.1) is 0 Å². The van der Waals surface area contributed by atoms with Crippen LogP contribution >= 0.6 is 0 Å². The Balaban J connectivity index is 1.54. The Morgan fingerprint density at radius 3 is 2.57 bits per heavy atom. The predicted octanol–water partition coefficient (Wildman–Crippen LogP) is 1.07. The number of hydrogen-bond donors (Lipinski definition) is 3. The molecule has 0 spiro atoms. The van der Waals surface area contributed by atoms with E-state index in [1.807, 2.05) is 0 Å². The van der Waals surface area contributed by atoms with Gasteiger partial charge in [0.25, 0.3) is 0 Å². The predicted molar refractivity (Wildman–Crippen MR) is 81.3 cm³/mol. The smallest absolute Gasteiger partial charge is 0.0897 e. The summed E-state index contributed by atoms with van der Waals surface area (Å²) in [5.74, 6) is 0.816. The van der Waals surface area contributed by atoms with Crippen LogP contribution in [0.1, 0.15) is 45.4 Å². The molecular formula is C16H31NO4. The maximum absolute atomic E-state index is 10.3. The molecule has 0 aromatic heterocycles. The molecule has 2 rings (SSSR count). The Hall–Kier alpha value is -0.200. The lowest BCUT2D eigenvalue weighted by Crippen LogP contribution is -2.47. The minimum absolute atomic E-state index is 0.315.